The molecule has 3 aromatic carbocycles. The van der Waals surface area contributed by atoms with Gasteiger partial charge in [-0.3, -0.25) is 19.3 Å². The van der Waals surface area contributed by atoms with Crippen molar-refractivity contribution in [3.05, 3.63) is 106 Å². The van der Waals surface area contributed by atoms with Crippen LogP contribution in [0.2, 0.25) is 0 Å². The van der Waals surface area contributed by atoms with Crippen LogP contribution in [-0.2, 0) is 6.54 Å². The molecule has 5 rings (SSSR count). The van der Waals surface area contributed by atoms with E-state index in [1.165, 1.54) is 16.8 Å². The second-order valence-electron chi connectivity index (χ2n) is 10.2. The van der Waals surface area contributed by atoms with E-state index in [4.69, 9.17) is 9.47 Å². The number of carbonyl (C=O) groups excluding carboxylic acids is 1. The summed E-state index contributed by atoms with van der Waals surface area (Å²) in [6.45, 7) is 5.50. The molecular weight excluding hydrogens is 539 g/mol. The molecule has 0 saturated carbocycles. The van der Waals surface area contributed by atoms with Gasteiger partial charge in [0.05, 0.1) is 36.7 Å². The summed E-state index contributed by atoms with van der Waals surface area (Å²) in [6, 6.07) is 19.8. The number of hydrogen-bond acceptors (Lipinski definition) is 6. The van der Waals surface area contributed by atoms with Gasteiger partial charge in [-0.25, -0.2) is 9.07 Å². The number of aliphatic hydroxyl groups is 1. The molecule has 2 N–H and O–H groups in total. The number of benzene rings is 3. The Bertz CT molecular complexity index is 1810. The minimum atomic E-state index is -0.748. The number of aliphatic hydroxyl groups excluding tert-OH is 1. The molecule has 9 nitrogen and oxygen atoms in total. The Labute approximate surface area is 241 Å². The van der Waals surface area contributed by atoms with Crippen LogP contribution in [0, 0.1) is 18.7 Å². The van der Waals surface area contributed by atoms with Crippen LogP contribution in [0.4, 0.5) is 10.1 Å². The van der Waals surface area contributed by atoms with Crippen LogP contribution in [0.1, 0.15) is 29.9 Å². The first-order chi connectivity index (χ1) is 20.2. The number of carbonyl (C=O) groups is 1. The molecule has 0 aliphatic heterocycles. The van der Waals surface area contributed by atoms with Crippen LogP contribution in [0.15, 0.2) is 83.8 Å². The Balaban J connectivity index is 1.43. The second-order valence-corrected chi connectivity index (χ2v) is 10.2. The molecule has 0 fully saturated rings. The lowest BCUT2D eigenvalue weighted by Gasteiger charge is -2.19. The van der Waals surface area contributed by atoms with E-state index < -0.39 is 23.4 Å². The van der Waals surface area contributed by atoms with Crippen molar-refractivity contribution < 1.29 is 23.8 Å². The van der Waals surface area contributed by atoms with Gasteiger partial charge in [-0.1, -0.05) is 32.0 Å². The van der Waals surface area contributed by atoms with Gasteiger partial charge in [0.15, 0.2) is 11.6 Å². The van der Waals surface area contributed by atoms with E-state index in [1.807, 2.05) is 19.9 Å². The molecule has 1 atom stereocenters. The summed E-state index contributed by atoms with van der Waals surface area (Å²) in [7, 11) is 1.56. The zero-order valence-electron chi connectivity index (χ0n) is 23.7. The highest BCUT2D eigenvalue weighted by molar-refractivity contribution is 6.05. The molecule has 0 aliphatic rings. The zero-order valence-corrected chi connectivity index (χ0v) is 23.7. The third-order valence-corrected chi connectivity index (χ3v) is 7.07. The molecular formula is C32H31FN4O5. The molecule has 0 spiro atoms. The highest BCUT2D eigenvalue weighted by atomic mass is 19.1. The fraction of sp³-hybridized carbons (Fsp3) is 0.219. The lowest BCUT2D eigenvalue weighted by molar-refractivity contribution is 0.0987. The van der Waals surface area contributed by atoms with Crippen molar-refractivity contribution >= 4 is 22.5 Å². The number of nitrogens with zero attached hydrogens (tertiary/aromatic N) is 3. The number of hydrogen-bond donors (Lipinski definition) is 2. The average Bonchev–Trinajstić information content (AvgIpc) is 3.23. The minimum Gasteiger partial charge on any atom is -0.497 e. The van der Waals surface area contributed by atoms with Crippen LogP contribution in [0.25, 0.3) is 16.6 Å². The number of methoxy groups -OCH3 is 1. The summed E-state index contributed by atoms with van der Waals surface area (Å²) in [5.74, 6) is -0.478. The summed E-state index contributed by atoms with van der Waals surface area (Å²) < 4.78 is 29.2. The molecule has 1 amide bonds. The van der Waals surface area contributed by atoms with E-state index in [0.717, 1.165) is 6.07 Å². The van der Waals surface area contributed by atoms with Crippen LogP contribution in [-0.4, -0.2) is 38.6 Å². The molecule has 5 aromatic rings. The van der Waals surface area contributed by atoms with Gasteiger partial charge in [-0.2, -0.15) is 0 Å². The Morgan fingerprint density at radius 3 is 2.50 bits per heavy atom. The molecule has 10 heteroatoms. The van der Waals surface area contributed by atoms with Gasteiger partial charge in [-0.15, -0.1) is 0 Å². The fourth-order valence-electron chi connectivity index (χ4n) is 4.63. The second kappa shape index (κ2) is 11.9. The first kappa shape index (κ1) is 28.6. The summed E-state index contributed by atoms with van der Waals surface area (Å²) >= 11 is 0. The number of anilines is 1. The summed E-state index contributed by atoms with van der Waals surface area (Å²) in [4.78, 5) is 31.3. The number of rotatable bonds is 9. The van der Waals surface area contributed by atoms with E-state index in [9.17, 15) is 14.7 Å². The van der Waals surface area contributed by atoms with E-state index in [1.54, 1.807) is 73.4 Å². The van der Waals surface area contributed by atoms with Crippen molar-refractivity contribution in [2.45, 2.75) is 33.4 Å². The van der Waals surface area contributed by atoms with Gasteiger partial charge in [0, 0.05) is 29.4 Å². The topological polar surface area (TPSA) is 108 Å². The largest absolute Gasteiger partial charge is 0.497 e. The van der Waals surface area contributed by atoms with Crippen molar-refractivity contribution in [2.75, 3.05) is 12.4 Å². The minimum absolute atomic E-state index is 0.0484. The lowest BCUT2D eigenvalue weighted by Crippen LogP contribution is -2.29. The molecule has 2 heterocycles. The van der Waals surface area contributed by atoms with Crippen molar-refractivity contribution in [1.29, 1.82) is 0 Å². The molecule has 0 saturated heterocycles. The van der Waals surface area contributed by atoms with Gasteiger partial charge < -0.3 is 19.9 Å². The van der Waals surface area contributed by atoms with Crippen molar-refractivity contribution in [3.63, 3.8) is 0 Å². The average molecular weight is 571 g/mol. The first-order valence-corrected chi connectivity index (χ1v) is 13.4. The Hall–Kier alpha value is -4.96. The van der Waals surface area contributed by atoms with Crippen molar-refractivity contribution in [3.8, 4) is 22.9 Å². The Kier molecular flexibility index (Phi) is 8.08. The Morgan fingerprint density at radius 2 is 1.81 bits per heavy atom. The molecule has 0 aliphatic carbocycles. The highest BCUT2D eigenvalue weighted by Gasteiger charge is 2.26. The maximum absolute atomic E-state index is 15.2. The number of amides is 1. The number of aromatic nitrogens is 3. The molecule has 0 radical (unpaired) electrons. The monoisotopic (exact) mass is 570 g/mol. The normalized spacial score (nSPS) is 12.0. The lowest BCUT2D eigenvalue weighted by atomic mass is 10.1. The van der Waals surface area contributed by atoms with Crippen LogP contribution in [0.5, 0.6) is 17.2 Å². The fourth-order valence-corrected chi connectivity index (χ4v) is 4.63. The van der Waals surface area contributed by atoms with E-state index in [-0.39, 0.29) is 29.5 Å². The quantitative estimate of drug-likeness (QED) is 0.235. The van der Waals surface area contributed by atoms with Gasteiger partial charge >= 0.3 is 0 Å². The molecule has 1 unspecified atom stereocenters. The van der Waals surface area contributed by atoms with E-state index >= 15 is 4.39 Å². The summed E-state index contributed by atoms with van der Waals surface area (Å²) in [5, 5.41) is 13.9. The maximum Gasteiger partial charge on any atom is 0.284 e. The Morgan fingerprint density at radius 1 is 1.05 bits per heavy atom. The maximum atomic E-state index is 15.2. The van der Waals surface area contributed by atoms with Gasteiger partial charge in [0.25, 0.3) is 11.5 Å². The zero-order chi connectivity index (χ0) is 30.0. The number of halogens is 1. The third-order valence-electron chi connectivity index (χ3n) is 7.07. The molecule has 2 aromatic heterocycles. The van der Waals surface area contributed by atoms with Crippen molar-refractivity contribution in [1.82, 2.24) is 14.3 Å². The first-order valence-electron chi connectivity index (χ1n) is 13.4. The summed E-state index contributed by atoms with van der Waals surface area (Å²) in [6.07, 6.45) is 0.808. The summed E-state index contributed by atoms with van der Waals surface area (Å²) in [5.41, 5.74) is 1.05. The molecule has 0 bridgehead atoms. The predicted molar refractivity (Wildman–Crippen MR) is 158 cm³/mol. The number of fused-ring (bicyclic) bond motifs is 1. The number of pyridine rings is 1. The number of nitrogens with one attached hydrogen (secondary N) is 1. The third kappa shape index (κ3) is 5.61. The van der Waals surface area contributed by atoms with E-state index in [0.29, 0.717) is 33.8 Å². The number of ether oxygens (including phenoxy) is 2. The van der Waals surface area contributed by atoms with Crippen molar-refractivity contribution in [2.24, 2.45) is 5.92 Å². The molecule has 42 heavy (non-hydrogen) atoms. The molecule has 216 valence electrons. The van der Waals surface area contributed by atoms with E-state index in [2.05, 4.69) is 10.3 Å². The predicted octanol–water partition coefficient (Wildman–Crippen LogP) is 5.70. The number of para-hydroxylation sites is 1. The van der Waals surface area contributed by atoms with Gasteiger partial charge in [-0.05, 0) is 55.3 Å². The van der Waals surface area contributed by atoms with Crippen LogP contribution in [0.3, 0.4) is 0 Å². The van der Waals surface area contributed by atoms with Gasteiger partial charge in [0.2, 0.25) is 0 Å². The smallest absolute Gasteiger partial charge is 0.284 e. The van der Waals surface area contributed by atoms with Gasteiger partial charge in [0.1, 0.15) is 17.1 Å². The standard InChI is InChI=1S/C32H31FN4O5/c1-19(2)27(38)18-36-20(3)30(32(40)37(36)22-8-6-5-7-9-22)31(39)35-21-10-13-29(25(33)16-21)42-28-14-15-34-26-17-23(41-4)11-12-24(26)28/h5-17,19,27,38H,18H2,1-4H3,(H,35,39). The SMILES string of the molecule is COc1ccc2c(Oc3ccc(NC(=O)c4c(C)n(CC(O)C(C)C)n(-c5ccccc5)c4=O)cc3F)ccnc2c1. The van der Waals surface area contributed by atoms with Crippen LogP contribution >= 0.6 is 0 Å². The van der Waals surface area contributed by atoms with Crippen LogP contribution < -0.4 is 20.3 Å². The highest BCUT2D eigenvalue weighted by Crippen LogP contribution is 2.33.